The molecular formula is C28H28N2O3. The van der Waals surface area contributed by atoms with Crippen LogP contribution in [0, 0.1) is 5.92 Å². The van der Waals surface area contributed by atoms with Gasteiger partial charge in [0.05, 0.1) is 5.56 Å². The van der Waals surface area contributed by atoms with Crippen molar-refractivity contribution in [3.05, 3.63) is 95.6 Å². The molecule has 0 radical (unpaired) electrons. The Labute approximate surface area is 194 Å². The number of Topliss-reactive ketones (excluding diaryl/α,β-unsaturated/α-hetero) is 1. The van der Waals surface area contributed by atoms with Crippen LogP contribution in [-0.4, -0.2) is 42.1 Å². The Kier molecular flexibility index (Phi) is 6.98. The van der Waals surface area contributed by atoms with Gasteiger partial charge in [-0.05, 0) is 55.0 Å². The van der Waals surface area contributed by atoms with Crippen LogP contribution in [0.1, 0.15) is 50.8 Å². The molecule has 1 fully saturated rings. The van der Waals surface area contributed by atoms with Crippen LogP contribution in [0.15, 0.2) is 78.9 Å². The first-order valence-corrected chi connectivity index (χ1v) is 11.4. The number of rotatable bonds is 6. The second kappa shape index (κ2) is 10.3. The van der Waals surface area contributed by atoms with Gasteiger partial charge in [0.2, 0.25) is 0 Å². The fourth-order valence-corrected chi connectivity index (χ4v) is 4.35. The lowest BCUT2D eigenvalue weighted by Crippen LogP contribution is -2.44. The minimum Gasteiger partial charge on any atom is -0.352 e. The molecule has 33 heavy (non-hydrogen) atoms. The Morgan fingerprint density at radius 3 is 2.18 bits per heavy atom. The molecule has 1 atom stereocenters. The minimum absolute atomic E-state index is 0.111. The fourth-order valence-electron chi connectivity index (χ4n) is 4.35. The van der Waals surface area contributed by atoms with Gasteiger partial charge in [-0.1, -0.05) is 60.7 Å². The summed E-state index contributed by atoms with van der Waals surface area (Å²) >= 11 is 0. The van der Waals surface area contributed by atoms with E-state index in [1.807, 2.05) is 54.6 Å². The van der Waals surface area contributed by atoms with Gasteiger partial charge in [-0.15, -0.1) is 0 Å². The molecule has 5 nitrogen and oxygen atoms in total. The number of amides is 2. The van der Waals surface area contributed by atoms with Gasteiger partial charge in [0.15, 0.2) is 5.78 Å². The summed E-state index contributed by atoms with van der Waals surface area (Å²) in [7, 11) is 0. The maximum absolute atomic E-state index is 13.1. The third kappa shape index (κ3) is 5.37. The Hall–Kier alpha value is -3.73. The highest BCUT2D eigenvalue weighted by Gasteiger charge is 2.26. The minimum atomic E-state index is -0.117. The zero-order valence-electron chi connectivity index (χ0n) is 18.8. The van der Waals surface area contributed by atoms with E-state index in [-0.39, 0.29) is 23.5 Å². The predicted molar refractivity (Wildman–Crippen MR) is 129 cm³/mol. The van der Waals surface area contributed by atoms with Crippen molar-refractivity contribution in [2.45, 2.75) is 19.8 Å². The second-order valence-electron chi connectivity index (χ2n) is 8.51. The quantitative estimate of drug-likeness (QED) is 0.558. The Morgan fingerprint density at radius 1 is 0.848 bits per heavy atom. The molecule has 1 aliphatic heterocycles. The van der Waals surface area contributed by atoms with Crippen molar-refractivity contribution in [2.75, 3.05) is 19.6 Å². The first-order chi connectivity index (χ1) is 16.0. The molecule has 0 aliphatic carbocycles. The van der Waals surface area contributed by atoms with Crippen molar-refractivity contribution in [2.24, 2.45) is 5.92 Å². The van der Waals surface area contributed by atoms with Crippen molar-refractivity contribution < 1.29 is 14.4 Å². The van der Waals surface area contributed by atoms with E-state index in [2.05, 4.69) is 5.32 Å². The van der Waals surface area contributed by atoms with E-state index in [1.165, 1.54) is 6.92 Å². The van der Waals surface area contributed by atoms with Crippen molar-refractivity contribution in [3.63, 3.8) is 0 Å². The van der Waals surface area contributed by atoms with E-state index >= 15 is 0 Å². The van der Waals surface area contributed by atoms with E-state index in [0.717, 1.165) is 24.0 Å². The molecule has 0 bridgehead atoms. The van der Waals surface area contributed by atoms with Crippen LogP contribution in [0.3, 0.4) is 0 Å². The number of piperidine rings is 1. The van der Waals surface area contributed by atoms with Gasteiger partial charge >= 0.3 is 0 Å². The molecule has 4 rings (SSSR count). The highest BCUT2D eigenvalue weighted by Crippen LogP contribution is 2.21. The second-order valence-corrected chi connectivity index (χ2v) is 8.51. The molecular weight excluding hydrogens is 412 g/mol. The zero-order valence-corrected chi connectivity index (χ0v) is 18.8. The first kappa shape index (κ1) is 22.5. The largest absolute Gasteiger partial charge is 0.352 e. The number of hydrogen-bond acceptors (Lipinski definition) is 3. The number of nitrogens with one attached hydrogen (secondary N) is 1. The molecule has 1 saturated heterocycles. The maximum Gasteiger partial charge on any atom is 0.254 e. The normalized spacial score (nSPS) is 15.7. The maximum atomic E-state index is 13.1. The van der Waals surface area contributed by atoms with Gasteiger partial charge in [0, 0.05) is 30.8 Å². The lowest BCUT2D eigenvalue weighted by atomic mass is 9.96. The van der Waals surface area contributed by atoms with Gasteiger partial charge in [0.1, 0.15) is 0 Å². The van der Waals surface area contributed by atoms with Crippen LogP contribution >= 0.6 is 0 Å². The molecule has 1 heterocycles. The van der Waals surface area contributed by atoms with Crippen LogP contribution in [0.2, 0.25) is 0 Å². The highest BCUT2D eigenvalue weighted by molar-refractivity contribution is 6.07. The summed E-state index contributed by atoms with van der Waals surface area (Å²) in [6.07, 6.45) is 1.83. The summed E-state index contributed by atoms with van der Waals surface area (Å²) in [4.78, 5) is 39.4. The SMILES string of the molecule is CC(=O)c1ccccc1C(=O)N1CCCC(CNC(=O)c2ccc(-c3ccccc3)cc2)C1. The van der Waals surface area contributed by atoms with Gasteiger partial charge in [-0.2, -0.15) is 0 Å². The van der Waals surface area contributed by atoms with Crippen molar-refractivity contribution in [3.8, 4) is 11.1 Å². The molecule has 3 aromatic rings. The number of benzene rings is 3. The molecule has 1 aliphatic rings. The molecule has 0 aromatic heterocycles. The van der Waals surface area contributed by atoms with Gasteiger partial charge in [-0.3, -0.25) is 14.4 Å². The number of ketones is 1. The number of carbonyl (C=O) groups excluding carboxylic acids is 3. The molecule has 0 saturated carbocycles. The lowest BCUT2D eigenvalue weighted by molar-refractivity contribution is 0.0667. The predicted octanol–water partition coefficient (Wildman–Crippen LogP) is 4.84. The van der Waals surface area contributed by atoms with E-state index in [9.17, 15) is 14.4 Å². The first-order valence-electron chi connectivity index (χ1n) is 11.4. The van der Waals surface area contributed by atoms with Gasteiger partial charge in [0.25, 0.3) is 11.8 Å². The average Bonchev–Trinajstić information content (AvgIpc) is 2.87. The molecule has 3 aromatic carbocycles. The Morgan fingerprint density at radius 2 is 1.48 bits per heavy atom. The number of hydrogen-bond donors (Lipinski definition) is 1. The van der Waals surface area contributed by atoms with E-state index in [1.54, 1.807) is 29.2 Å². The lowest BCUT2D eigenvalue weighted by Gasteiger charge is -2.33. The summed E-state index contributed by atoms with van der Waals surface area (Å²) in [5, 5.41) is 3.03. The summed E-state index contributed by atoms with van der Waals surface area (Å²) in [6.45, 7) is 3.22. The van der Waals surface area contributed by atoms with Crippen LogP contribution in [0.25, 0.3) is 11.1 Å². The number of likely N-dealkylation sites (tertiary alicyclic amines) is 1. The molecule has 5 heteroatoms. The zero-order chi connectivity index (χ0) is 23.2. The molecule has 168 valence electrons. The van der Waals surface area contributed by atoms with Crippen molar-refractivity contribution >= 4 is 17.6 Å². The Bertz CT molecular complexity index is 1140. The van der Waals surface area contributed by atoms with Crippen LogP contribution in [0.4, 0.5) is 0 Å². The van der Waals surface area contributed by atoms with Crippen LogP contribution in [0.5, 0.6) is 0 Å². The smallest absolute Gasteiger partial charge is 0.254 e. The number of nitrogens with zero attached hydrogens (tertiary/aromatic N) is 1. The van der Waals surface area contributed by atoms with E-state index < -0.39 is 0 Å². The van der Waals surface area contributed by atoms with Crippen LogP contribution in [-0.2, 0) is 0 Å². The molecule has 2 amide bonds. The molecule has 0 spiro atoms. The standard InChI is InChI=1S/C28H28N2O3/c1-20(31)25-11-5-6-12-26(25)28(33)30-17-7-8-21(19-30)18-29-27(32)24-15-13-23(14-16-24)22-9-3-2-4-10-22/h2-6,9-16,21H,7-8,17-19H2,1H3,(H,29,32). The van der Waals surface area contributed by atoms with Crippen molar-refractivity contribution in [1.29, 1.82) is 0 Å². The molecule has 1 N–H and O–H groups in total. The van der Waals surface area contributed by atoms with Crippen molar-refractivity contribution in [1.82, 2.24) is 10.2 Å². The summed E-state index contributed by atoms with van der Waals surface area (Å²) in [5.74, 6) is -0.161. The van der Waals surface area contributed by atoms with Gasteiger partial charge in [-0.25, -0.2) is 0 Å². The summed E-state index contributed by atoms with van der Waals surface area (Å²) in [5.41, 5.74) is 3.71. The average molecular weight is 441 g/mol. The fraction of sp³-hybridized carbons (Fsp3) is 0.250. The number of carbonyl (C=O) groups is 3. The summed E-state index contributed by atoms with van der Waals surface area (Å²) in [6, 6.07) is 24.6. The third-order valence-electron chi connectivity index (χ3n) is 6.15. The third-order valence-corrected chi connectivity index (χ3v) is 6.15. The topological polar surface area (TPSA) is 66.5 Å². The summed E-state index contributed by atoms with van der Waals surface area (Å²) < 4.78 is 0. The van der Waals surface area contributed by atoms with E-state index in [0.29, 0.717) is 36.3 Å². The highest BCUT2D eigenvalue weighted by atomic mass is 16.2. The Balaban J connectivity index is 1.35. The van der Waals surface area contributed by atoms with E-state index in [4.69, 9.17) is 0 Å². The molecule has 1 unspecified atom stereocenters. The monoisotopic (exact) mass is 440 g/mol. The van der Waals surface area contributed by atoms with Gasteiger partial charge < -0.3 is 10.2 Å². The van der Waals surface area contributed by atoms with Crippen LogP contribution < -0.4 is 5.32 Å².